The Morgan fingerprint density at radius 1 is 0.886 bits per heavy atom. The minimum atomic E-state index is -1.65. The lowest BCUT2D eigenvalue weighted by Crippen LogP contribution is -2.36. The highest BCUT2D eigenvalue weighted by atomic mass is 32.2. The van der Waals surface area contributed by atoms with Crippen molar-refractivity contribution in [2.45, 2.75) is 42.0 Å². The van der Waals surface area contributed by atoms with Gasteiger partial charge in [0.1, 0.15) is 5.82 Å². The molecule has 1 atom stereocenters. The minimum Gasteiger partial charge on any atom is -0.352 e. The number of rotatable bonds is 9. The van der Waals surface area contributed by atoms with Crippen LogP contribution >= 0.6 is 0 Å². The van der Waals surface area contributed by atoms with Crippen LogP contribution in [-0.2, 0) is 23.8 Å². The van der Waals surface area contributed by atoms with E-state index >= 15 is 0 Å². The number of halogens is 1. The van der Waals surface area contributed by atoms with Gasteiger partial charge in [0.2, 0.25) is 0 Å². The first-order valence-electron chi connectivity index (χ1n) is 15.2. The molecule has 8 heteroatoms. The van der Waals surface area contributed by atoms with Gasteiger partial charge in [0.15, 0.2) is 0 Å². The highest BCUT2D eigenvalue weighted by Gasteiger charge is 2.32. The zero-order chi connectivity index (χ0) is 30.5. The molecule has 1 saturated heterocycles. The first-order valence-corrected chi connectivity index (χ1v) is 16.4. The van der Waals surface area contributed by atoms with E-state index in [0.29, 0.717) is 44.6 Å². The van der Waals surface area contributed by atoms with E-state index in [9.17, 15) is 18.2 Å². The van der Waals surface area contributed by atoms with Gasteiger partial charge in [-0.1, -0.05) is 60.7 Å². The zero-order valence-electron chi connectivity index (χ0n) is 24.6. The number of likely N-dealkylation sites (tertiary alicyclic amines) is 1. The summed E-state index contributed by atoms with van der Waals surface area (Å²) in [5, 5.41) is 3.01. The van der Waals surface area contributed by atoms with Gasteiger partial charge in [-0.2, -0.15) is 0 Å². The molecule has 0 bridgehead atoms. The third-order valence-corrected chi connectivity index (χ3v) is 10.1. The summed E-state index contributed by atoms with van der Waals surface area (Å²) >= 11 is 0. The van der Waals surface area contributed by atoms with Crippen LogP contribution in [0.15, 0.2) is 107 Å². The summed E-state index contributed by atoms with van der Waals surface area (Å²) in [5.41, 5.74) is 2.74. The Morgan fingerprint density at radius 2 is 1.61 bits per heavy atom. The van der Waals surface area contributed by atoms with Crippen LogP contribution < -0.4 is 10.2 Å². The van der Waals surface area contributed by atoms with Crippen LogP contribution in [0.2, 0.25) is 0 Å². The van der Waals surface area contributed by atoms with E-state index in [1.807, 2.05) is 0 Å². The molecule has 6 nitrogen and oxygen atoms in total. The standard InChI is InChI=1S/C36H36FN3O3S/c37-31-13-6-4-11-29(31)25-40-32-24-28(15-16-34(32)44(43)33-14-7-5-12-30(33)36(40)42)35(41)38-19-8-20-39-21-17-27(18-22-39)23-26-9-2-1-3-10-26/h1-7,9-16,24,27H,8,17-23,25H2,(H,38,41)/t44-/m1/s1. The van der Waals surface area contributed by atoms with Gasteiger partial charge in [-0.15, -0.1) is 0 Å². The topological polar surface area (TPSA) is 69.7 Å². The SMILES string of the molecule is O=C(NCCCN1CCC(Cc2ccccc2)CC1)c1ccc2c(c1)N(Cc1ccccc1F)C(=O)c1ccccc1[S@]2=O. The average molecular weight is 610 g/mol. The molecule has 4 aromatic rings. The van der Waals surface area contributed by atoms with Gasteiger partial charge < -0.3 is 15.1 Å². The fourth-order valence-electron chi connectivity index (χ4n) is 6.13. The van der Waals surface area contributed by atoms with Gasteiger partial charge in [0.25, 0.3) is 11.8 Å². The predicted molar refractivity (Wildman–Crippen MR) is 171 cm³/mol. The van der Waals surface area contributed by atoms with Crippen molar-refractivity contribution in [1.82, 2.24) is 10.2 Å². The van der Waals surface area contributed by atoms with Gasteiger partial charge in [0, 0.05) is 17.7 Å². The molecule has 2 aliphatic heterocycles. The fraction of sp³-hybridized carbons (Fsp3) is 0.278. The molecular weight excluding hydrogens is 573 g/mol. The maximum Gasteiger partial charge on any atom is 0.259 e. The van der Waals surface area contributed by atoms with Crippen LogP contribution in [0.3, 0.4) is 0 Å². The quantitative estimate of drug-likeness (QED) is 0.229. The molecule has 0 aliphatic carbocycles. The molecule has 6 rings (SSSR count). The maximum atomic E-state index is 14.7. The number of amides is 2. The Bertz CT molecular complexity index is 1670. The Hall–Kier alpha value is -4.14. The summed E-state index contributed by atoms with van der Waals surface area (Å²) in [6, 6.07) is 28.6. The van der Waals surface area contributed by atoms with Crippen molar-refractivity contribution in [2.75, 3.05) is 31.1 Å². The molecule has 0 aromatic heterocycles. The molecule has 0 unspecified atom stereocenters. The Labute approximate surface area is 260 Å². The van der Waals surface area contributed by atoms with Crippen LogP contribution in [0.1, 0.15) is 51.1 Å². The van der Waals surface area contributed by atoms with Crippen molar-refractivity contribution in [3.8, 4) is 0 Å². The molecular formula is C36H36FN3O3S. The minimum absolute atomic E-state index is 0.0584. The second kappa shape index (κ2) is 13.7. The van der Waals surface area contributed by atoms with Gasteiger partial charge >= 0.3 is 0 Å². The van der Waals surface area contributed by atoms with E-state index in [2.05, 4.69) is 40.5 Å². The summed E-state index contributed by atoms with van der Waals surface area (Å²) in [6.45, 7) is 3.53. The van der Waals surface area contributed by atoms with Gasteiger partial charge in [-0.3, -0.25) is 9.59 Å². The van der Waals surface area contributed by atoms with E-state index in [4.69, 9.17) is 0 Å². The van der Waals surface area contributed by atoms with E-state index in [-0.39, 0.29) is 18.4 Å². The number of benzene rings is 4. The Balaban J connectivity index is 1.10. The van der Waals surface area contributed by atoms with E-state index < -0.39 is 16.6 Å². The molecule has 226 valence electrons. The first-order chi connectivity index (χ1) is 21.5. The molecule has 2 heterocycles. The number of hydrogen-bond acceptors (Lipinski definition) is 4. The van der Waals surface area contributed by atoms with E-state index in [0.717, 1.165) is 32.5 Å². The zero-order valence-corrected chi connectivity index (χ0v) is 25.4. The Kier molecular flexibility index (Phi) is 9.28. The molecule has 0 radical (unpaired) electrons. The number of carbonyl (C=O) groups excluding carboxylic acids is 2. The maximum absolute atomic E-state index is 14.7. The third kappa shape index (κ3) is 6.66. The third-order valence-electron chi connectivity index (χ3n) is 8.57. The second-order valence-corrected chi connectivity index (χ2v) is 12.9. The smallest absolute Gasteiger partial charge is 0.259 e. The van der Waals surface area contributed by atoms with Crippen molar-refractivity contribution >= 4 is 28.3 Å². The van der Waals surface area contributed by atoms with Crippen molar-refractivity contribution in [1.29, 1.82) is 0 Å². The van der Waals surface area contributed by atoms with Crippen LogP contribution in [0.4, 0.5) is 10.1 Å². The number of carbonyl (C=O) groups is 2. The van der Waals surface area contributed by atoms with Crippen LogP contribution in [0.25, 0.3) is 0 Å². The molecule has 2 amide bonds. The molecule has 1 fully saturated rings. The Morgan fingerprint density at radius 3 is 2.41 bits per heavy atom. The summed E-state index contributed by atoms with van der Waals surface area (Å²) in [7, 11) is -1.65. The van der Waals surface area contributed by atoms with E-state index in [1.165, 1.54) is 29.4 Å². The van der Waals surface area contributed by atoms with Crippen LogP contribution in [0.5, 0.6) is 0 Å². The average Bonchev–Trinajstić information content (AvgIpc) is 3.14. The number of fused-ring (bicyclic) bond motifs is 2. The molecule has 4 aromatic carbocycles. The number of anilines is 1. The molecule has 44 heavy (non-hydrogen) atoms. The number of nitrogens with one attached hydrogen (secondary N) is 1. The highest BCUT2D eigenvalue weighted by molar-refractivity contribution is 7.85. The largest absolute Gasteiger partial charge is 0.352 e. The molecule has 0 spiro atoms. The van der Waals surface area contributed by atoms with Crippen molar-refractivity contribution in [3.63, 3.8) is 0 Å². The lowest BCUT2D eigenvalue weighted by atomic mass is 9.90. The highest BCUT2D eigenvalue weighted by Crippen LogP contribution is 2.36. The van der Waals surface area contributed by atoms with Crippen LogP contribution in [0, 0.1) is 11.7 Å². The summed E-state index contributed by atoms with van der Waals surface area (Å²) < 4.78 is 28.3. The van der Waals surface area contributed by atoms with E-state index in [1.54, 1.807) is 60.7 Å². The van der Waals surface area contributed by atoms with Crippen molar-refractivity contribution in [2.24, 2.45) is 5.92 Å². The van der Waals surface area contributed by atoms with Crippen molar-refractivity contribution < 1.29 is 18.2 Å². The number of nitrogens with zero attached hydrogens (tertiary/aromatic N) is 2. The van der Waals surface area contributed by atoms with Gasteiger partial charge in [-0.05, 0) is 93.2 Å². The molecule has 1 N–H and O–H groups in total. The second-order valence-electron chi connectivity index (χ2n) is 11.5. The molecule has 2 aliphatic rings. The predicted octanol–water partition coefficient (Wildman–Crippen LogP) is 6.23. The lowest BCUT2D eigenvalue weighted by molar-refractivity contribution is 0.0947. The first kappa shape index (κ1) is 29.9. The van der Waals surface area contributed by atoms with Crippen molar-refractivity contribution in [3.05, 3.63) is 125 Å². The van der Waals surface area contributed by atoms with Gasteiger partial charge in [-0.25, -0.2) is 8.60 Å². The normalized spacial score (nSPS) is 17.1. The lowest BCUT2D eigenvalue weighted by Gasteiger charge is -2.32. The van der Waals surface area contributed by atoms with Crippen LogP contribution in [-0.4, -0.2) is 47.1 Å². The summed E-state index contributed by atoms with van der Waals surface area (Å²) in [5.74, 6) is -0.371. The summed E-state index contributed by atoms with van der Waals surface area (Å²) in [4.78, 5) is 31.7. The monoisotopic (exact) mass is 609 g/mol. The molecule has 0 saturated carbocycles. The van der Waals surface area contributed by atoms with Gasteiger partial charge in [0.05, 0.1) is 38.4 Å². The number of piperidine rings is 1. The fourth-order valence-corrected chi connectivity index (χ4v) is 7.47. The number of hydrogen-bond donors (Lipinski definition) is 1. The summed E-state index contributed by atoms with van der Waals surface area (Å²) in [6.07, 6.45) is 4.33.